The van der Waals surface area contributed by atoms with Gasteiger partial charge in [0.05, 0.1) is 24.9 Å². The number of aliphatic hydroxyl groups excluding tert-OH is 1. The number of pyridine rings is 1. The molecule has 0 spiro atoms. The highest BCUT2D eigenvalue weighted by atomic mass is 35.5. The Balaban J connectivity index is 1.14. The summed E-state index contributed by atoms with van der Waals surface area (Å²) in [6.45, 7) is 9.07. The maximum atomic E-state index is 13.0. The summed E-state index contributed by atoms with van der Waals surface area (Å²) in [5.74, 6) is 1.06. The molecule has 2 N–H and O–H groups in total. The molecule has 4 heterocycles. The topological polar surface area (TPSA) is 92.5 Å². The maximum absolute atomic E-state index is 13.0. The molecule has 2 aliphatic heterocycles. The number of aromatic nitrogens is 3. The second-order valence-corrected chi connectivity index (χ2v) is 12.1. The number of rotatable bonds is 6. The van der Waals surface area contributed by atoms with E-state index in [0.29, 0.717) is 24.9 Å². The molecule has 3 fully saturated rings. The van der Waals surface area contributed by atoms with Crippen LogP contribution in [0.4, 0.5) is 5.82 Å². The SMILES string of the molecule is CC(C)n1nccc1[C@@H]1C[C@H]1C(=O)Nc1cc2cc(C3CCN([C@]4(C)COC[C@@H]4O)CC3)c(Cl)cc2cn1. The lowest BCUT2D eigenvalue weighted by Crippen LogP contribution is -2.56. The van der Waals surface area contributed by atoms with Crippen molar-refractivity contribution in [3.05, 3.63) is 52.9 Å². The summed E-state index contributed by atoms with van der Waals surface area (Å²) < 4.78 is 7.55. The minimum absolute atomic E-state index is 0.00601. The number of ether oxygens (including phenoxy) is 1. The average molecular weight is 538 g/mol. The molecule has 9 heteroatoms. The molecule has 2 aromatic heterocycles. The van der Waals surface area contributed by atoms with Crippen LogP contribution in [0.3, 0.4) is 0 Å². The van der Waals surface area contributed by atoms with Crippen molar-refractivity contribution >= 4 is 34.1 Å². The van der Waals surface area contributed by atoms with Crippen molar-refractivity contribution in [1.82, 2.24) is 19.7 Å². The van der Waals surface area contributed by atoms with Gasteiger partial charge in [0.15, 0.2) is 0 Å². The van der Waals surface area contributed by atoms with Crippen LogP contribution >= 0.6 is 11.6 Å². The molecule has 0 bridgehead atoms. The van der Waals surface area contributed by atoms with Crippen molar-refractivity contribution < 1.29 is 14.6 Å². The maximum Gasteiger partial charge on any atom is 0.229 e. The van der Waals surface area contributed by atoms with Crippen molar-refractivity contribution in [1.29, 1.82) is 0 Å². The minimum Gasteiger partial charge on any atom is -0.389 e. The number of anilines is 1. The Bertz CT molecular complexity index is 1350. The summed E-state index contributed by atoms with van der Waals surface area (Å²) in [5, 5.41) is 20.6. The van der Waals surface area contributed by atoms with Crippen LogP contribution in [0.5, 0.6) is 0 Å². The van der Waals surface area contributed by atoms with E-state index in [-0.39, 0.29) is 29.3 Å². The molecule has 2 saturated heterocycles. The third-order valence-electron chi connectivity index (χ3n) is 8.83. The van der Waals surface area contributed by atoms with Crippen molar-refractivity contribution in [2.45, 2.75) is 69.6 Å². The van der Waals surface area contributed by atoms with Crippen LogP contribution in [0.2, 0.25) is 5.02 Å². The van der Waals surface area contributed by atoms with E-state index in [9.17, 15) is 9.90 Å². The Morgan fingerprint density at radius 3 is 2.74 bits per heavy atom. The smallest absolute Gasteiger partial charge is 0.229 e. The fourth-order valence-corrected chi connectivity index (χ4v) is 6.63. The van der Waals surface area contributed by atoms with Gasteiger partial charge in [0.25, 0.3) is 0 Å². The second-order valence-electron chi connectivity index (χ2n) is 11.7. The van der Waals surface area contributed by atoms with E-state index in [1.807, 2.05) is 29.1 Å². The van der Waals surface area contributed by atoms with Crippen molar-refractivity contribution in [3.63, 3.8) is 0 Å². The first-order chi connectivity index (χ1) is 18.2. The number of fused-ring (bicyclic) bond motifs is 1. The number of carbonyl (C=O) groups excluding carboxylic acids is 1. The van der Waals surface area contributed by atoms with Gasteiger partial charge in [-0.2, -0.15) is 5.10 Å². The summed E-state index contributed by atoms with van der Waals surface area (Å²) in [6.07, 6.45) is 5.92. The van der Waals surface area contributed by atoms with E-state index >= 15 is 0 Å². The van der Waals surface area contributed by atoms with Crippen molar-refractivity contribution in [3.8, 4) is 0 Å². The number of nitrogens with zero attached hydrogens (tertiary/aromatic N) is 4. The van der Waals surface area contributed by atoms with Crippen molar-refractivity contribution in [2.75, 3.05) is 31.6 Å². The molecular weight excluding hydrogens is 502 g/mol. The molecular formula is C29H36ClN5O3. The van der Waals surface area contributed by atoms with E-state index in [4.69, 9.17) is 16.3 Å². The molecule has 0 radical (unpaired) electrons. The molecule has 202 valence electrons. The largest absolute Gasteiger partial charge is 0.389 e. The number of carbonyl (C=O) groups is 1. The summed E-state index contributed by atoms with van der Waals surface area (Å²) >= 11 is 6.75. The molecule has 0 unspecified atom stereocenters. The van der Waals surface area contributed by atoms with Crippen LogP contribution in [-0.2, 0) is 9.53 Å². The summed E-state index contributed by atoms with van der Waals surface area (Å²) in [5.41, 5.74) is 1.95. The Hall–Kier alpha value is -2.52. The Labute approximate surface area is 228 Å². The van der Waals surface area contributed by atoms with Crippen LogP contribution < -0.4 is 5.32 Å². The number of hydrogen-bond acceptors (Lipinski definition) is 6. The number of aliphatic hydroxyl groups is 1. The lowest BCUT2D eigenvalue weighted by Gasteiger charge is -2.43. The number of halogens is 1. The molecule has 3 aliphatic rings. The summed E-state index contributed by atoms with van der Waals surface area (Å²) in [6, 6.07) is 8.38. The summed E-state index contributed by atoms with van der Waals surface area (Å²) in [7, 11) is 0. The molecule has 1 aromatic carbocycles. The Morgan fingerprint density at radius 2 is 2.03 bits per heavy atom. The molecule has 3 aromatic rings. The van der Waals surface area contributed by atoms with Gasteiger partial charge in [-0.1, -0.05) is 11.6 Å². The average Bonchev–Trinajstić information content (AvgIpc) is 3.40. The van der Waals surface area contributed by atoms with Gasteiger partial charge in [-0.3, -0.25) is 14.4 Å². The quantitative estimate of drug-likeness (QED) is 0.472. The molecule has 1 amide bonds. The lowest BCUT2D eigenvalue weighted by molar-refractivity contribution is -0.117. The van der Waals surface area contributed by atoms with E-state index in [2.05, 4.69) is 47.1 Å². The van der Waals surface area contributed by atoms with Gasteiger partial charge in [-0.05, 0) is 94.3 Å². The molecule has 6 rings (SSSR count). The van der Waals surface area contributed by atoms with E-state index < -0.39 is 6.10 Å². The van der Waals surface area contributed by atoms with E-state index in [0.717, 1.165) is 59.4 Å². The highest BCUT2D eigenvalue weighted by Crippen LogP contribution is 2.48. The van der Waals surface area contributed by atoms with Gasteiger partial charge in [-0.25, -0.2) is 4.98 Å². The Morgan fingerprint density at radius 1 is 1.24 bits per heavy atom. The van der Waals surface area contributed by atoms with Gasteiger partial charge in [-0.15, -0.1) is 0 Å². The van der Waals surface area contributed by atoms with E-state index in [1.165, 1.54) is 0 Å². The molecule has 4 atom stereocenters. The molecule has 38 heavy (non-hydrogen) atoms. The van der Waals surface area contributed by atoms with Gasteiger partial charge < -0.3 is 15.2 Å². The number of likely N-dealkylation sites (tertiary alicyclic amines) is 1. The van der Waals surface area contributed by atoms with Crippen LogP contribution in [0.25, 0.3) is 10.8 Å². The zero-order chi connectivity index (χ0) is 26.6. The monoisotopic (exact) mass is 537 g/mol. The van der Waals surface area contributed by atoms with Crippen LogP contribution in [0.1, 0.15) is 69.2 Å². The number of nitrogens with one attached hydrogen (secondary N) is 1. The lowest BCUT2D eigenvalue weighted by atomic mass is 9.85. The number of amides is 1. The second kappa shape index (κ2) is 9.90. The predicted octanol–water partition coefficient (Wildman–Crippen LogP) is 4.74. The van der Waals surface area contributed by atoms with Crippen LogP contribution in [-0.4, -0.2) is 68.6 Å². The standard InChI is InChI=1S/C29H36ClN5O3/c1-17(2)35-25(4-7-32-35)22-13-23(22)28(37)33-27-12-19-10-21(24(30)11-20(19)14-31-27)18-5-8-34(9-6-18)29(3)16-38-15-26(29)36/h4,7,10-12,14,17-18,22-23,26,36H,5-6,8-9,13,15-16H2,1-3H3,(H,31,33,37)/t22-,23-,26+,29-/m1/s1. The van der Waals surface area contributed by atoms with Crippen molar-refractivity contribution in [2.24, 2.45) is 5.92 Å². The predicted molar refractivity (Wildman–Crippen MR) is 148 cm³/mol. The third kappa shape index (κ3) is 4.62. The highest BCUT2D eigenvalue weighted by Gasteiger charge is 2.46. The van der Waals surface area contributed by atoms with Gasteiger partial charge >= 0.3 is 0 Å². The minimum atomic E-state index is -0.451. The molecule has 1 aliphatic carbocycles. The van der Waals surface area contributed by atoms with Gasteiger partial charge in [0, 0.05) is 46.4 Å². The number of hydrogen-bond donors (Lipinski definition) is 2. The zero-order valence-electron chi connectivity index (χ0n) is 22.2. The zero-order valence-corrected chi connectivity index (χ0v) is 23.0. The van der Waals surface area contributed by atoms with Crippen LogP contribution in [0, 0.1) is 5.92 Å². The van der Waals surface area contributed by atoms with E-state index in [1.54, 1.807) is 6.20 Å². The first-order valence-corrected chi connectivity index (χ1v) is 14.1. The van der Waals surface area contributed by atoms with Gasteiger partial charge in [0.2, 0.25) is 5.91 Å². The first kappa shape index (κ1) is 25.7. The fraction of sp³-hybridized carbons (Fsp3) is 0.552. The Kier molecular flexibility index (Phi) is 6.71. The summed E-state index contributed by atoms with van der Waals surface area (Å²) in [4.78, 5) is 19.9. The number of piperidine rings is 1. The first-order valence-electron chi connectivity index (χ1n) is 13.7. The normalized spacial score (nSPS) is 28.3. The third-order valence-corrected chi connectivity index (χ3v) is 9.16. The number of benzene rings is 1. The highest BCUT2D eigenvalue weighted by molar-refractivity contribution is 6.32. The molecule has 1 saturated carbocycles. The fourth-order valence-electron chi connectivity index (χ4n) is 6.30. The van der Waals surface area contributed by atoms with Crippen LogP contribution in [0.15, 0.2) is 36.7 Å². The molecule has 8 nitrogen and oxygen atoms in total. The van der Waals surface area contributed by atoms with Gasteiger partial charge in [0.1, 0.15) is 5.82 Å².